The highest BCUT2D eigenvalue weighted by atomic mass is 16.3. The predicted octanol–water partition coefficient (Wildman–Crippen LogP) is 0.756. The smallest absolute Gasteiger partial charge is 0.250 e. The lowest BCUT2D eigenvalue weighted by Crippen LogP contribution is -3.13. The highest BCUT2D eigenvalue weighted by molar-refractivity contribution is 5.30. The largest absolute Gasteiger partial charge is 0.507 e. The molecule has 22 heavy (non-hydrogen) atoms. The molecule has 1 aromatic carbocycles. The quantitative estimate of drug-likeness (QED) is 0.859. The summed E-state index contributed by atoms with van der Waals surface area (Å²) in [6.45, 7) is 3.81. The summed E-state index contributed by atoms with van der Waals surface area (Å²) in [6.07, 6.45) is 1.19. The number of piperidine rings is 1. The summed E-state index contributed by atoms with van der Waals surface area (Å²) in [5.41, 5.74) is 2.34. The lowest BCUT2D eigenvalue weighted by Gasteiger charge is -2.40. The van der Waals surface area contributed by atoms with Gasteiger partial charge < -0.3 is 14.6 Å². The molecule has 0 saturated carbocycles. The van der Waals surface area contributed by atoms with Gasteiger partial charge in [0.2, 0.25) is 0 Å². The molecule has 2 aliphatic heterocycles. The first-order chi connectivity index (χ1) is 10.7. The molecular formula is C18H21N2O2+. The van der Waals surface area contributed by atoms with Gasteiger partial charge in [-0.1, -0.05) is 18.2 Å². The van der Waals surface area contributed by atoms with Crippen molar-refractivity contribution in [3.8, 4) is 5.75 Å². The topological polar surface area (TPSA) is 46.7 Å². The predicted molar refractivity (Wildman–Crippen MR) is 84.1 cm³/mol. The minimum atomic E-state index is 0.136. The number of rotatable bonds is 2. The maximum absolute atomic E-state index is 12.0. The summed E-state index contributed by atoms with van der Waals surface area (Å²) in [5.74, 6) is 1.41. The first-order valence-corrected chi connectivity index (χ1v) is 8.01. The highest BCUT2D eigenvalue weighted by Crippen LogP contribution is 2.30. The van der Waals surface area contributed by atoms with Crippen LogP contribution in [0.2, 0.25) is 0 Å². The number of benzene rings is 1. The maximum atomic E-state index is 12.0. The molecule has 4 nitrogen and oxygen atoms in total. The normalized spacial score (nSPS) is 26.5. The number of hydrogen-bond donors (Lipinski definition) is 2. The van der Waals surface area contributed by atoms with Crippen molar-refractivity contribution < 1.29 is 10.0 Å². The van der Waals surface area contributed by atoms with E-state index in [0.717, 1.165) is 31.7 Å². The van der Waals surface area contributed by atoms with E-state index in [1.165, 1.54) is 17.0 Å². The van der Waals surface area contributed by atoms with Gasteiger partial charge in [-0.2, -0.15) is 0 Å². The fourth-order valence-corrected chi connectivity index (χ4v) is 4.19. The molecule has 2 aliphatic rings. The molecule has 4 rings (SSSR count). The molecule has 3 heterocycles. The molecule has 0 amide bonds. The van der Waals surface area contributed by atoms with Crippen molar-refractivity contribution in [1.29, 1.82) is 0 Å². The number of nitrogens with zero attached hydrogens (tertiary/aromatic N) is 1. The molecule has 2 N–H and O–H groups in total. The van der Waals surface area contributed by atoms with Gasteiger partial charge in [0.25, 0.3) is 5.56 Å². The van der Waals surface area contributed by atoms with Gasteiger partial charge in [-0.3, -0.25) is 4.79 Å². The van der Waals surface area contributed by atoms with Crippen LogP contribution in [-0.2, 0) is 13.1 Å². The van der Waals surface area contributed by atoms with Crippen molar-refractivity contribution in [3.05, 3.63) is 64.1 Å². The maximum Gasteiger partial charge on any atom is 0.250 e. The molecule has 0 spiro atoms. The number of likely N-dealkylation sites (tertiary alicyclic amines) is 1. The number of hydrogen-bond acceptors (Lipinski definition) is 2. The molecular weight excluding hydrogens is 276 g/mol. The second kappa shape index (κ2) is 5.29. The standard InChI is InChI=1S/C18H20N2O2/c21-17-6-2-1-4-14(17)11-19-9-13-8-15(12-19)16-5-3-7-18(22)20(16)10-13/h1-7,13,15,21H,8-12H2/p+1/t13-,15+/m1/s1. The van der Waals surface area contributed by atoms with Gasteiger partial charge in [-0.05, 0) is 24.6 Å². The van der Waals surface area contributed by atoms with Crippen LogP contribution in [-0.4, -0.2) is 22.8 Å². The molecule has 1 aromatic heterocycles. The van der Waals surface area contributed by atoms with Crippen LogP contribution in [0.1, 0.15) is 23.6 Å². The third-order valence-corrected chi connectivity index (χ3v) is 5.10. The number of para-hydroxylation sites is 1. The Hall–Kier alpha value is -2.07. The average molecular weight is 297 g/mol. The zero-order chi connectivity index (χ0) is 15.1. The van der Waals surface area contributed by atoms with E-state index in [9.17, 15) is 9.90 Å². The summed E-state index contributed by atoms with van der Waals surface area (Å²) >= 11 is 0. The van der Waals surface area contributed by atoms with Crippen LogP contribution in [0.25, 0.3) is 0 Å². The van der Waals surface area contributed by atoms with E-state index >= 15 is 0 Å². The Morgan fingerprint density at radius 2 is 2.00 bits per heavy atom. The van der Waals surface area contributed by atoms with Gasteiger partial charge in [0.05, 0.1) is 13.1 Å². The monoisotopic (exact) mass is 297 g/mol. The fourth-order valence-electron chi connectivity index (χ4n) is 4.19. The van der Waals surface area contributed by atoms with E-state index in [2.05, 4.69) is 6.07 Å². The summed E-state index contributed by atoms with van der Waals surface area (Å²) in [5, 5.41) is 9.98. The van der Waals surface area contributed by atoms with Gasteiger partial charge in [0.15, 0.2) is 0 Å². The van der Waals surface area contributed by atoms with E-state index in [1.54, 1.807) is 12.1 Å². The van der Waals surface area contributed by atoms with E-state index < -0.39 is 0 Å². The van der Waals surface area contributed by atoms with Crippen molar-refractivity contribution in [1.82, 2.24) is 4.57 Å². The van der Waals surface area contributed by atoms with Crippen molar-refractivity contribution in [2.75, 3.05) is 13.1 Å². The van der Waals surface area contributed by atoms with E-state index in [-0.39, 0.29) is 5.56 Å². The number of phenols is 1. The van der Waals surface area contributed by atoms with Crippen LogP contribution >= 0.6 is 0 Å². The Balaban J connectivity index is 1.59. The van der Waals surface area contributed by atoms with Crippen LogP contribution in [0, 0.1) is 5.92 Å². The number of pyridine rings is 1. The van der Waals surface area contributed by atoms with Crippen LogP contribution in [0.4, 0.5) is 0 Å². The van der Waals surface area contributed by atoms with Gasteiger partial charge in [-0.25, -0.2) is 0 Å². The number of quaternary nitrogens is 1. The Bertz CT molecular complexity index is 753. The molecule has 0 aliphatic carbocycles. The first-order valence-electron chi connectivity index (χ1n) is 8.01. The van der Waals surface area contributed by atoms with E-state index in [4.69, 9.17) is 0 Å². The number of fused-ring (bicyclic) bond motifs is 4. The number of nitrogens with one attached hydrogen (secondary N) is 1. The molecule has 1 fully saturated rings. The third-order valence-electron chi connectivity index (χ3n) is 5.10. The van der Waals surface area contributed by atoms with Gasteiger partial charge in [-0.15, -0.1) is 0 Å². The Morgan fingerprint density at radius 1 is 1.14 bits per heavy atom. The first kappa shape index (κ1) is 13.6. The van der Waals surface area contributed by atoms with Gasteiger partial charge in [0.1, 0.15) is 12.3 Å². The highest BCUT2D eigenvalue weighted by Gasteiger charge is 2.37. The molecule has 2 aromatic rings. The minimum absolute atomic E-state index is 0.136. The Morgan fingerprint density at radius 3 is 2.86 bits per heavy atom. The number of aromatic hydroxyl groups is 1. The third kappa shape index (κ3) is 2.33. The summed E-state index contributed by atoms with van der Waals surface area (Å²) in [6, 6.07) is 13.3. The van der Waals surface area contributed by atoms with Crippen LogP contribution < -0.4 is 10.5 Å². The van der Waals surface area contributed by atoms with Gasteiger partial charge in [0, 0.05) is 35.7 Å². The number of aromatic nitrogens is 1. The van der Waals surface area contributed by atoms with Crippen molar-refractivity contribution in [2.24, 2.45) is 5.92 Å². The van der Waals surface area contributed by atoms with E-state index in [1.807, 2.05) is 28.8 Å². The van der Waals surface area contributed by atoms with Crippen LogP contribution in [0.5, 0.6) is 5.75 Å². The summed E-state index contributed by atoms with van der Waals surface area (Å²) < 4.78 is 1.97. The average Bonchev–Trinajstić information content (AvgIpc) is 2.51. The lowest BCUT2D eigenvalue weighted by molar-refractivity contribution is -0.924. The molecule has 1 unspecified atom stereocenters. The second-order valence-electron chi connectivity index (χ2n) is 6.66. The molecule has 4 heteroatoms. The molecule has 2 bridgehead atoms. The van der Waals surface area contributed by atoms with Crippen LogP contribution in [0.15, 0.2) is 47.3 Å². The zero-order valence-corrected chi connectivity index (χ0v) is 12.5. The molecule has 1 saturated heterocycles. The van der Waals surface area contributed by atoms with Gasteiger partial charge >= 0.3 is 0 Å². The van der Waals surface area contributed by atoms with Crippen molar-refractivity contribution in [2.45, 2.75) is 25.4 Å². The molecule has 0 radical (unpaired) electrons. The van der Waals surface area contributed by atoms with Crippen molar-refractivity contribution in [3.63, 3.8) is 0 Å². The summed E-state index contributed by atoms with van der Waals surface area (Å²) in [7, 11) is 0. The van der Waals surface area contributed by atoms with Crippen molar-refractivity contribution >= 4 is 0 Å². The van der Waals surface area contributed by atoms with Crippen LogP contribution in [0.3, 0.4) is 0 Å². The summed E-state index contributed by atoms with van der Waals surface area (Å²) in [4.78, 5) is 13.5. The lowest BCUT2D eigenvalue weighted by atomic mass is 9.83. The minimum Gasteiger partial charge on any atom is -0.507 e. The SMILES string of the molecule is O=c1cccc2n1C[C@@H]1C[C@H]2C[NH+](Cc2ccccc2O)C1. The molecule has 3 atom stereocenters. The zero-order valence-electron chi connectivity index (χ0n) is 12.5. The molecule has 114 valence electrons. The second-order valence-corrected chi connectivity index (χ2v) is 6.66. The fraction of sp³-hybridized carbons (Fsp3) is 0.389. The Labute approximate surface area is 129 Å². The van der Waals surface area contributed by atoms with E-state index in [0.29, 0.717) is 17.6 Å². The Kier molecular flexibility index (Phi) is 3.26. The number of phenolic OH excluding ortho intramolecular Hbond substituents is 1.